The quantitative estimate of drug-likeness (QED) is 0.474. The Bertz CT molecular complexity index is 1010. The summed E-state index contributed by atoms with van der Waals surface area (Å²) >= 11 is 0. The molecule has 0 bridgehead atoms. The first-order valence-electron chi connectivity index (χ1n) is 13.4. The average molecular weight is 528 g/mol. The molecule has 2 aliphatic rings. The van der Waals surface area contributed by atoms with Crippen LogP contribution in [0, 0.1) is 6.92 Å². The van der Waals surface area contributed by atoms with Crippen molar-refractivity contribution in [2.24, 2.45) is 0 Å². The lowest BCUT2D eigenvalue weighted by atomic mass is 10.0. The third-order valence-corrected chi connectivity index (χ3v) is 6.92. The van der Waals surface area contributed by atoms with E-state index < -0.39 is 5.60 Å². The van der Waals surface area contributed by atoms with E-state index in [2.05, 4.69) is 21.9 Å². The van der Waals surface area contributed by atoms with Crippen LogP contribution in [0.5, 0.6) is 11.5 Å². The molecule has 0 radical (unpaired) electrons. The number of morpholine rings is 1. The fraction of sp³-hybridized carbons (Fsp3) is 0.552. The highest BCUT2D eigenvalue weighted by molar-refractivity contribution is 5.77. The molecule has 0 spiro atoms. The van der Waals surface area contributed by atoms with Gasteiger partial charge in [-0.15, -0.1) is 0 Å². The average Bonchev–Trinajstić information content (AvgIpc) is 3.08. The van der Waals surface area contributed by atoms with Crippen molar-refractivity contribution in [1.29, 1.82) is 0 Å². The first-order chi connectivity index (χ1) is 18.4. The normalized spacial score (nSPS) is 21.2. The molecular formula is C29H41N3O6. The number of methoxy groups -OCH3 is 1. The maximum absolute atomic E-state index is 12.7. The van der Waals surface area contributed by atoms with Gasteiger partial charge < -0.3 is 29.0 Å². The molecule has 4 rings (SSSR count). The van der Waals surface area contributed by atoms with Crippen molar-refractivity contribution >= 4 is 5.91 Å². The van der Waals surface area contributed by atoms with Gasteiger partial charge >= 0.3 is 0 Å². The highest BCUT2D eigenvalue weighted by atomic mass is 16.5. The molecule has 0 aromatic heterocycles. The molecule has 1 amide bonds. The molecule has 2 fully saturated rings. The number of hydrogen-bond acceptors (Lipinski definition) is 8. The van der Waals surface area contributed by atoms with E-state index in [1.165, 1.54) is 7.11 Å². The van der Waals surface area contributed by atoms with Gasteiger partial charge in [0.15, 0.2) is 0 Å². The first-order valence-corrected chi connectivity index (χ1v) is 13.4. The molecule has 1 atom stereocenters. The third kappa shape index (κ3) is 8.68. The molecule has 208 valence electrons. The van der Waals surface area contributed by atoms with Gasteiger partial charge in [0.05, 0.1) is 19.8 Å². The minimum absolute atomic E-state index is 0.0151. The lowest BCUT2D eigenvalue weighted by molar-refractivity contribution is -0.138. The highest BCUT2D eigenvalue weighted by Gasteiger charge is 2.37. The molecule has 0 saturated carbocycles. The molecule has 2 heterocycles. The fourth-order valence-corrected chi connectivity index (χ4v) is 4.86. The molecule has 9 heteroatoms. The number of aliphatic hydroxyl groups is 1. The Morgan fingerprint density at radius 1 is 0.974 bits per heavy atom. The van der Waals surface area contributed by atoms with Crippen molar-refractivity contribution in [3.05, 3.63) is 59.7 Å². The van der Waals surface area contributed by atoms with E-state index in [4.69, 9.17) is 18.9 Å². The summed E-state index contributed by atoms with van der Waals surface area (Å²) in [4.78, 5) is 18.9. The van der Waals surface area contributed by atoms with Gasteiger partial charge in [0.2, 0.25) is 5.91 Å². The summed E-state index contributed by atoms with van der Waals surface area (Å²) in [6.07, 6.45) is 0. The molecule has 0 aliphatic carbocycles. The zero-order valence-electron chi connectivity index (χ0n) is 22.6. The summed E-state index contributed by atoms with van der Waals surface area (Å²) in [7, 11) is 1.50. The van der Waals surface area contributed by atoms with Crippen molar-refractivity contribution < 1.29 is 28.8 Å². The number of rotatable bonds is 11. The Kier molecular flexibility index (Phi) is 10.4. The summed E-state index contributed by atoms with van der Waals surface area (Å²) < 4.78 is 22.5. The molecule has 2 aromatic rings. The van der Waals surface area contributed by atoms with Crippen LogP contribution < -0.4 is 9.47 Å². The van der Waals surface area contributed by atoms with Crippen LogP contribution in [0.2, 0.25) is 0 Å². The van der Waals surface area contributed by atoms with Crippen LogP contribution in [0.15, 0.2) is 48.5 Å². The number of hydrogen-bond donors (Lipinski definition) is 1. The van der Waals surface area contributed by atoms with E-state index in [-0.39, 0.29) is 25.7 Å². The number of amides is 1. The van der Waals surface area contributed by atoms with Gasteiger partial charge in [0, 0.05) is 52.9 Å². The van der Waals surface area contributed by atoms with Crippen LogP contribution in [0.3, 0.4) is 0 Å². The van der Waals surface area contributed by atoms with E-state index in [1.54, 1.807) is 4.90 Å². The second-order valence-corrected chi connectivity index (χ2v) is 10.2. The monoisotopic (exact) mass is 527 g/mol. The summed E-state index contributed by atoms with van der Waals surface area (Å²) in [6, 6.07) is 15.8. The van der Waals surface area contributed by atoms with Crippen molar-refractivity contribution in [3.63, 3.8) is 0 Å². The second kappa shape index (κ2) is 13.9. The lowest BCUT2D eigenvalue weighted by Crippen LogP contribution is -2.52. The molecule has 0 unspecified atom stereocenters. The highest BCUT2D eigenvalue weighted by Crippen LogP contribution is 2.22. The maximum Gasteiger partial charge on any atom is 0.248 e. The molecular weight excluding hydrogens is 486 g/mol. The van der Waals surface area contributed by atoms with Crippen molar-refractivity contribution in [2.75, 3.05) is 86.0 Å². The Balaban J connectivity index is 1.38. The summed E-state index contributed by atoms with van der Waals surface area (Å²) in [5.41, 5.74) is 0.990. The number of β-amino-alcohol motifs (C(OH)–C–C–N with tert-alkyl or cyclic N) is 1. The van der Waals surface area contributed by atoms with Gasteiger partial charge in [-0.2, -0.15) is 0 Å². The topological polar surface area (TPSA) is 83.9 Å². The minimum Gasteiger partial charge on any atom is -0.492 e. The van der Waals surface area contributed by atoms with E-state index in [0.29, 0.717) is 38.5 Å². The standard InChI is InChI=1S/C29H41N3O6/c1-24-6-8-26(9-7-24)38-23-29(34)21-31(10-11-32(22-29)28(33)20-35-2)19-25-4-3-5-27(18-25)37-17-14-30-12-15-36-16-13-30/h3-9,18,34H,10-17,19-23H2,1-2H3/t29-/m0/s1. The van der Waals surface area contributed by atoms with Crippen LogP contribution in [-0.2, 0) is 20.8 Å². The maximum atomic E-state index is 12.7. The molecule has 2 saturated heterocycles. The Morgan fingerprint density at radius 3 is 2.53 bits per heavy atom. The largest absolute Gasteiger partial charge is 0.492 e. The van der Waals surface area contributed by atoms with E-state index in [1.807, 2.05) is 43.3 Å². The molecule has 2 aliphatic heterocycles. The van der Waals surface area contributed by atoms with Crippen molar-refractivity contribution in [2.45, 2.75) is 19.1 Å². The van der Waals surface area contributed by atoms with Gasteiger partial charge in [-0.05, 0) is 36.8 Å². The van der Waals surface area contributed by atoms with Gasteiger partial charge in [0.1, 0.15) is 36.9 Å². The summed E-state index contributed by atoms with van der Waals surface area (Å²) in [5.74, 6) is 1.38. The SMILES string of the molecule is COCC(=O)N1CCN(Cc2cccc(OCCN3CCOCC3)c2)C[C@@](O)(COc2ccc(C)cc2)C1. The van der Waals surface area contributed by atoms with Crippen LogP contribution in [-0.4, -0.2) is 117 Å². The van der Waals surface area contributed by atoms with Crippen molar-refractivity contribution in [1.82, 2.24) is 14.7 Å². The van der Waals surface area contributed by atoms with Gasteiger partial charge in [0.25, 0.3) is 0 Å². The number of ether oxygens (including phenoxy) is 4. The Hall–Kier alpha value is -2.69. The predicted octanol–water partition coefficient (Wildman–Crippen LogP) is 1.81. The third-order valence-electron chi connectivity index (χ3n) is 6.92. The first kappa shape index (κ1) is 28.3. The Labute approximate surface area is 225 Å². The molecule has 38 heavy (non-hydrogen) atoms. The lowest BCUT2D eigenvalue weighted by Gasteiger charge is -2.33. The van der Waals surface area contributed by atoms with Crippen LogP contribution in [0.4, 0.5) is 0 Å². The fourth-order valence-electron chi connectivity index (χ4n) is 4.86. The molecule has 9 nitrogen and oxygen atoms in total. The van der Waals surface area contributed by atoms with Crippen LogP contribution in [0.1, 0.15) is 11.1 Å². The predicted molar refractivity (Wildman–Crippen MR) is 145 cm³/mol. The second-order valence-electron chi connectivity index (χ2n) is 10.2. The molecule has 1 N–H and O–H groups in total. The minimum atomic E-state index is -1.24. The summed E-state index contributed by atoms with van der Waals surface area (Å²) in [6.45, 7) is 9.34. The van der Waals surface area contributed by atoms with Gasteiger partial charge in [-0.3, -0.25) is 14.6 Å². The number of aryl methyl sites for hydroxylation is 1. The Morgan fingerprint density at radius 2 is 1.76 bits per heavy atom. The summed E-state index contributed by atoms with van der Waals surface area (Å²) in [5, 5.41) is 11.7. The van der Waals surface area contributed by atoms with Gasteiger partial charge in [-0.25, -0.2) is 0 Å². The van der Waals surface area contributed by atoms with E-state index in [0.717, 1.165) is 49.7 Å². The number of benzene rings is 2. The van der Waals surface area contributed by atoms with Crippen LogP contribution >= 0.6 is 0 Å². The number of carbonyl (C=O) groups is 1. The zero-order chi connectivity index (χ0) is 26.8. The number of carbonyl (C=O) groups excluding carboxylic acids is 1. The molecule has 2 aromatic carbocycles. The van der Waals surface area contributed by atoms with Gasteiger partial charge in [-0.1, -0.05) is 29.8 Å². The van der Waals surface area contributed by atoms with E-state index in [9.17, 15) is 9.90 Å². The van der Waals surface area contributed by atoms with Crippen molar-refractivity contribution in [3.8, 4) is 11.5 Å². The van der Waals surface area contributed by atoms with Crippen LogP contribution in [0.25, 0.3) is 0 Å². The smallest absolute Gasteiger partial charge is 0.248 e. The van der Waals surface area contributed by atoms with E-state index >= 15 is 0 Å². The number of nitrogens with zero attached hydrogens (tertiary/aromatic N) is 3. The zero-order valence-corrected chi connectivity index (χ0v) is 22.6.